The molecule has 5 amide bonds. The Morgan fingerprint density at radius 1 is 1.09 bits per heavy atom. The summed E-state index contributed by atoms with van der Waals surface area (Å²) in [4.78, 5) is 71.8. The van der Waals surface area contributed by atoms with Crippen molar-refractivity contribution in [2.24, 2.45) is 16.7 Å². The number of hydrogen-bond donors (Lipinski definition) is 3. The van der Waals surface area contributed by atoms with Crippen LogP contribution < -0.4 is 15.4 Å². The Morgan fingerprint density at radius 3 is 2.43 bits per heavy atom. The van der Waals surface area contributed by atoms with Gasteiger partial charge in [0.15, 0.2) is 0 Å². The Labute approximate surface area is 312 Å². The second-order valence-electron chi connectivity index (χ2n) is 16.8. The molecule has 4 bridgehead atoms. The number of amides is 5. The molecular formula is C37H54N6O9S. The minimum Gasteiger partial charge on any atom is -0.449 e. The van der Waals surface area contributed by atoms with Crippen LogP contribution in [0, 0.1) is 16.7 Å². The molecule has 1 aliphatic carbocycles. The zero-order chi connectivity index (χ0) is 39.1. The standard InChI is InChI=1S/C37H54N6O9S/c1-9-25-18-37(25,32(46)40-53(49,50)41(7)8)39-30(44)28-17-26-20-43(28)31(45)29(35(2,3)4)38-33(47)51-22-36(5,6)16-11-10-13-23-14-12-15-24-19-42(21-27(23)24)34(48)52-26/h9,12,14-15,25-26,28-29H,1,10-11,13,16-22H2,2-8H3,(H,38,47)(H,39,44)(H,40,46)/t25-,26+,28-,29+,37+/m0/s1. The molecule has 292 valence electrons. The van der Waals surface area contributed by atoms with Crippen LogP contribution in [0.25, 0.3) is 0 Å². The number of alkyl carbamates (subject to hydrolysis) is 1. The van der Waals surface area contributed by atoms with Gasteiger partial charge in [0.1, 0.15) is 23.7 Å². The van der Waals surface area contributed by atoms with Crippen LogP contribution in [0.2, 0.25) is 0 Å². The third-order valence-electron chi connectivity index (χ3n) is 10.7. The van der Waals surface area contributed by atoms with Gasteiger partial charge in [0, 0.05) is 39.5 Å². The second-order valence-corrected chi connectivity index (χ2v) is 18.7. The molecule has 0 unspecified atom stereocenters. The van der Waals surface area contributed by atoms with Gasteiger partial charge in [-0.25, -0.2) is 14.3 Å². The molecule has 15 nitrogen and oxygen atoms in total. The third kappa shape index (κ3) is 8.80. The summed E-state index contributed by atoms with van der Waals surface area (Å²) in [7, 11) is -1.67. The number of nitrogens with one attached hydrogen (secondary N) is 3. The maximum atomic E-state index is 14.5. The van der Waals surface area contributed by atoms with Gasteiger partial charge in [-0.1, -0.05) is 65.3 Å². The number of hydrogen-bond acceptors (Lipinski definition) is 9. The molecule has 3 N–H and O–H groups in total. The molecular weight excluding hydrogens is 705 g/mol. The van der Waals surface area contributed by atoms with E-state index >= 15 is 0 Å². The molecule has 3 aliphatic heterocycles. The van der Waals surface area contributed by atoms with E-state index in [1.165, 1.54) is 25.1 Å². The maximum absolute atomic E-state index is 14.5. The Bertz CT molecular complexity index is 1760. The largest absolute Gasteiger partial charge is 0.449 e. The van der Waals surface area contributed by atoms with Crippen molar-refractivity contribution < 1.29 is 41.9 Å². The summed E-state index contributed by atoms with van der Waals surface area (Å²) in [6, 6.07) is 3.68. The monoisotopic (exact) mass is 758 g/mol. The first-order valence-corrected chi connectivity index (χ1v) is 19.6. The Morgan fingerprint density at radius 2 is 1.79 bits per heavy atom. The zero-order valence-corrected chi connectivity index (χ0v) is 32.6. The number of cyclic esters (lactones) is 1. The minimum atomic E-state index is -4.19. The van der Waals surface area contributed by atoms with Gasteiger partial charge >= 0.3 is 22.4 Å². The van der Waals surface area contributed by atoms with Gasteiger partial charge < -0.3 is 25.0 Å². The highest BCUT2D eigenvalue weighted by Gasteiger charge is 2.61. The molecule has 0 radical (unpaired) electrons. The highest BCUT2D eigenvalue weighted by Crippen LogP contribution is 2.45. The van der Waals surface area contributed by atoms with Gasteiger partial charge in [0.25, 0.3) is 5.91 Å². The first-order chi connectivity index (χ1) is 24.7. The predicted molar refractivity (Wildman–Crippen MR) is 195 cm³/mol. The summed E-state index contributed by atoms with van der Waals surface area (Å²) in [5.41, 5.74) is 0.489. The van der Waals surface area contributed by atoms with Crippen molar-refractivity contribution in [3.05, 3.63) is 47.5 Å². The van der Waals surface area contributed by atoms with Crippen molar-refractivity contribution in [2.75, 3.05) is 27.2 Å². The molecule has 1 aromatic rings. The zero-order valence-electron chi connectivity index (χ0n) is 31.8. The highest BCUT2D eigenvalue weighted by molar-refractivity contribution is 7.87. The number of benzene rings is 1. The lowest BCUT2D eigenvalue weighted by Gasteiger charge is -2.35. The van der Waals surface area contributed by atoms with Gasteiger partial charge in [-0.3, -0.25) is 19.3 Å². The summed E-state index contributed by atoms with van der Waals surface area (Å²) in [5, 5.41) is 5.44. The van der Waals surface area contributed by atoms with Crippen molar-refractivity contribution in [3.8, 4) is 0 Å². The van der Waals surface area contributed by atoms with E-state index in [1.54, 1.807) is 25.7 Å². The molecule has 5 rings (SSSR count). The van der Waals surface area contributed by atoms with Gasteiger partial charge in [-0.2, -0.15) is 12.7 Å². The Hall–Kier alpha value is -4.18. The number of nitrogens with zero attached hydrogens (tertiary/aromatic N) is 3. The molecule has 2 fully saturated rings. The molecule has 0 aromatic heterocycles. The average Bonchev–Trinajstić information content (AvgIpc) is 3.37. The molecule has 4 aliphatic rings. The number of fused-ring (bicyclic) bond motifs is 3. The fourth-order valence-corrected chi connectivity index (χ4v) is 7.91. The predicted octanol–water partition coefficient (Wildman–Crippen LogP) is 2.99. The summed E-state index contributed by atoms with van der Waals surface area (Å²) in [6.07, 6.45) is 2.62. The molecule has 53 heavy (non-hydrogen) atoms. The van der Waals surface area contributed by atoms with Crippen molar-refractivity contribution in [2.45, 2.75) is 110 Å². The Kier molecular flexibility index (Phi) is 11.3. The molecule has 0 spiro atoms. The van der Waals surface area contributed by atoms with Crippen LogP contribution in [-0.4, -0.2) is 103 Å². The van der Waals surface area contributed by atoms with Gasteiger partial charge in [0.2, 0.25) is 11.8 Å². The average molecular weight is 759 g/mol. The van der Waals surface area contributed by atoms with Crippen LogP contribution in [-0.2, 0) is 53.6 Å². The molecule has 3 heterocycles. The summed E-state index contributed by atoms with van der Waals surface area (Å²) in [6.45, 7) is 13.8. The smallest absolute Gasteiger partial charge is 0.410 e. The number of ether oxygens (including phenoxy) is 2. The summed E-state index contributed by atoms with van der Waals surface area (Å²) < 4.78 is 39.6. The number of carbonyl (C=O) groups excluding carboxylic acids is 5. The van der Waals surface area contributed by atoms with Crippen molar-refractivity contribution >= 4 is 40.1 Å². The second kappa shape index (κ2) is 14.9. The van der Waals surface area contributed by atoms with E-state index in [9.17, 15) is 32.4 Å². The number of aryl methyl sites for hydroxylation is 1. The van der Waals surface area contributed by atoms with Crippen LogP contribution in [0.4, 0.5) is 9.59 Å². The van der Waals surface area contributed by atoms with Crippen LogP contribution >= 0.6 is 0 Å². The van der Waals surface area contributed by atoms with Crippen molar-refractivity contribution in [3.63, 3.8) is 0 Å². The highest BCUT2D eigenvalue weighted by atomic mass is 32.2. The van der Waals surface area contributed by atoms with E-state index in [0.29, 0.717) is 13.1 Å². The van der Waals surface area contributed by atoms with E-state index < -0.39 is 75.2 Å². The van der Waals surface area contributed by atoms with Crippen molar-refractivity contribution in [1.29, 1.82) is 0 Å². The molecule has 1 saturated heterocycles. The minimum absolute atomic E-state index is 0.0853. The summed E-state index contributed by atoms with van der Waals surface area (Å²) >= 11 is 0. The molecule has 1 saturated carbocycles. The van der Waals surface area contributed by atoms with Crippen LogP contribution in [0.5, 0.6) is 0 Å². The first-order valence-electron chi connectivity index (χ1n) is 18.2. The molecule has 5 atom stereocenters. The van der Waals surface area contributed by atoms with Gasteiger partial charge in [0.05, 0.1) is 13.2 Å². The fourth-order valence-electron chi connectivity index (χ4n) is 7.31. The van der Waals surface area contributed by atoms with E-state index in [-0.39, 0.29) is 31.4 Å². The number of carbonyl (C=O) groups is 5. The fraction of sp³-hybridized carbons (Fsp3) is 0.649. The normalized spacial score (nSPS) is 28.0. The molecule has 1 aromatic carbocycles. The van der Waals surface area contributed by atoms with Gasteiger partial charge in [-0.05, 0) is 53.2 Å². The van der Waals surface area contributed by atoms with E-state index in [1.807, 2.05) is 30.7 Å². The lowest BCUT2D eigenvalue weighted by Crippen LogP contribution is -2.60. The number of rotatable bonds is 6. The SMILES string of the molecule is C=C[C@H]1C[C@]1(NC(=O)[C@@H]1C[C@@H]2CN1C(=O)[C@H](C(C)(C)C)NC(=O)OCC(C)(C)CCCCc1cccc3c1CN(C3)C(=O)O2)C(=O)NS(=O)(=O)N(C)C. The van der Waals surface area contributed by atoms with Gasteiger partial charge in [-0.15, -0.1) is 6.58 Å². The van der Waals surface area contributed by atoms with Crippen LogP contribution in [0.15, 0.2) is 30.9 Å². The van der Waals surface area contributed by atoms with E-state index in [4.69, 9.17) is 9.47 Å². The lowest BCUT2D eigenvalue weighted by atomic mass is 9.85. The maximum Gasteiger partial charge on any atom is 0.410 e. The summed E-state index contributed by atoms with van der Waals surface area (Å²) in [5.74, 6) is -2.87. The van der Waals surface area contributed by atoms with Crippen LogP contribution in [0.1, 0.15) is 83.4 Å². The van der Waals surface area contributed by atoms with E-state index in [2.05, 4.69) is 23.3 Å². The van der Waals surface area contributed by atoms with E-state index in [0.717, 1.165) is 46.7 Å². The topological polar surface area (TPSA) is 184 Å². The van der Waals surface area contributed by atoms with Crippen LogP contribution in [0.3, 0.4) is 0 Å². The Balaban J connectivity index is 1.45. The first kappa shape index (κ1) is 40.0. The quantitative estimate of drug-likeness (QED) is 0.367. The lowest BCUT2D eigenvalue weighted by molar-refractivity contribution is -0.143. The third-order valence-corrected chi connectivity index (χ3v) is 12.1. The molecule has 16 heteroatoms. The van der Waals surface area contributed by atoms with Crippen molar-refractivity contribution in [1.82, 2.24) is 29.5 Å².